The van der Waals surface area contributed by atoms with Crippen LogP contribution in [-0.4, -0.2) is 27.9 Å². The quantitative estimate of drug-likeness (QED) is 0.143. The van der Waals surface area contributed by atoms with Crippen molar-refractivity contribution >= 4 is 43.8 Å². The number of benzene rings is 3. The number of hydrogen-bond acceptors (Lipinski definition) is 7. The van der Waals surface area contributed by atoms with Crippen molar-refractivity contribution in [1.82, 2.24) is 9.97 Å². The van der Waals surface area contributed by atoms with E-state index in [1.165, 1.54) is 6.33 Å². The van der Waals surface area contributed by atoms with Crippen LogP contribution in [0.15, 0.2) is 65.2 Å². The minimum absolute atomic E-state index is 0.0172. The normalized spacial score (nSPS) is 15.0. The summed E-state index contributed by atoms with van der Waals surface area (Å²) in [7, 11) is -3.52. The summed E-state index contributed by atoms with van der Waals surface area (Å²) in [6.45, 7) is 19.1. The van der Waals surface area contributed by atoms with E-state index in [1.54, 1.807) is 41.5 Å². The first-order valence-electron chi connectivity index (χ1n) is 20.0. The molecule has 0 bridgehead atoms. The van der Waals surface area contributed by atoms with Gasteiger partial charge in [-0.15, -0.1) is 0 Å². The van der Waals surface area contributed by atoms with Gasteiger partial charge in [0.15, 0.2) is 9.84 Å². The van der Waals surface area contributed by atoms with Crippen molar-refractivity contribution in [2.75, 3.05) is 5.32 Å². The van der Waals surface area contributed by atoms with E-state index in [2.05, 4.69) is 29.1 Å². The Kier molecular flexibility index (Phi) is 8.37. The Morgan fingerprint density at radius 3 is 2.33 bits per heavy atom. The van der Waals surface area contributed by atoms with Crippen LogP contribution in [0.3, 0.4) is 0 Å². The fourth-order valence-electron chi connectivity index (χ4n) is 6.69. The van der Waals surface area contributed by atoms with Gasteiger partial charge >= 0.3 is 0 Å². The first-order valence-corrected chi connectivity index (χ1v) is 18.9. The number of anilines is 2. The maximum Gasteiger partial charge on any atom is 0.160 e. The van der Waals surface area contributed by atoms with Gasteiger partial charge in [-0.3, -0.25) is 0 Å². The lowest BCUT2D eigenvalue weighted by atomic mass is 9.68. The molecule has 278 valence electrons. The molecule has 2 heterocycles. The molecule has 2 aromatic heterocycles. The zero-order chi connectivity index (χ0) is 43.9. The molecule has 0 aliphatic carbocycles. The third-order valence-corrected chi connectivity index (χ3v) is 14.4. The average molecular weight is 754 g/mol. The van der Waals surface area contributed by atoms with Crippen LogP contribution in [0.1, 0.15) is 105 Å². The molecule has 10 heteroatoms. The van der Waals surface area contributed by atoms with Gasteiger partial charge in [-0.25, -0.2) is 22.8 Å². The van der Waals surface area contributed by atoms with Gasteiger partial charge in [0, 0.05) is 22.1 Å². The minimum atomic E-state index is -3.52. The van der Waals surface area contributed by atoms with Crippen molar-refractivity contribution in [3.63, 3.8) is 0 Å². The number of nitrogens with zero attached hydrogens (tertiary/aromatic N) is 2. The van der Waals surface area contributed by atoms with Gasteiger partial charge < -0.3 is 14.5 Å². The number of furan rings is 1. The van der Waals surface area contributed by atoms with Gasteiger partial charge in [0.05, 0.1) is 28.3 Å². The monoisotopic (exact) mass is 753 g/mol. The molecule has 52 heavy (non-hydrogen) atoms. The van der Waals surface area contributed by atoms with Crippen LogP contribution in [0.4, 0.5) is 15.9 Å². The molecule has 0 saturated carbocycles. The van der Waals surface area contributed by atoms with Gasteiger partial charge in [-0.05, 0) is 132 Å². The lowest BCUT2D eigenvalue weighted by Crippen LogP contribution is -2.54. The Morgan fingerprint density at radius 2 is 1.65 bits per heavy atom. The number of sulfone groups is 1. The Hall–Kier alpha value is -3.95. The number of aromatic nitrogens is 2. The van der Waals surface area contributed by atoms with Crippen molar-refractivity contribution < 1.29 is 30.2 Å². The molecule has 0 radical (unpaired) electrons. The predicted molar refractivity (Wildman–Crippen MR) is 211 cm³/mol. The lowest BCUT2D eigenvalue weighted by Gasteiger charge is -2.47. The second-order valence-electron chi connectivity index (χ2n) is 16.1. The largest absolute Gasteiger partial charge is 0.487 e. The zero-order valence-electron chi connectivity index (χ0n) is 37.9. The third-order valence-electron chi connectivity index (χ3n) is 10.5. The molecule has 0 amide bonds. The molecular weight excluding hydrogens is 697 g/mol. The topological polar surface area (TPSA) is 94.3 Å². The predicted octanol–water partition coefficient (Wildman–Crippen LogP) is 11.6. The smallest absolute Gasteiger partial charge is 0.160 e. The van der Waals surface area contributed by atoms with Crippen molar-refractivity contribution in [2.45, 2.75) is 111 Å². The summed E-state index contributed by atoms with van der Waals surface area (Å²) < 4.78 is 101. The van der Waals surface area contributed by atoms with E-state index >= 15 is 0 Å². The van der Waals surface area contributed by atoms with Crippen LogP contribution in [0, 0.1) is 32.0 Å². The SMILES string of the molecule is [2H]c1c([2H])c(F)c([2H])c(C([2H])([2H])Oc2c(C)c(C)c(Nc3ncnc4ccc(-c5ccc(C(C)(C)CC(C)(C)C(C)(C)S(=O)(=O)C(C)(C)C)o5)cc34)c(C)c2Cl)c1[2H]. The van der Waals surface area contributed by atoms with Crippen LogP contribution in [-0.2, 0) is 21.8 Å². The van der Waals surface area contributed by atoms with Crippen molar-refractivity contribution in [3.05, 3.63) is 99.7 Å². The number of fused-ring (bicyclic) bond motifs is 1. The van der Waals surface area contributed by atoms with Crippen LogP contribution in [0.5, 0.6) is 5.75 Å². The Labute approximate surface area is 321 Å². The zero-order valence-corrected chi connectivity index (χ0v) is 33.4. The number of ether oxygens (including phenoxy) is 1. The molecule has 0 fully saturated rings. The Balaban J connectivity index is 1.48. The van der Waals surface area contributed by atoms with Gasteiger partial charge in [-0.1, -0.05) is 51.4 Å². The fraction of sp³-hybridized carbons (Fsp3) is 0.429. The summed E-state index contributed by atoms with van der Waals surface area (Å²) >= 11 is 6.83. The van der Waals surface area contributed by atoms with Crippen molar-refractivity contribution in [3.8, 4) is 17.1 Å². The molecule has 1 N–H and O–H groups in total. The van der Waals surface area contributed by atoms with E-state index in [4.69, 9.17) is 29.0 Å². The van der Waals surface area contributed by atoms with Crippen LogP contribution >= 0.6 is 11.6 Å². The number of halogens is 2. The minimum Gasteiger partial charge on any atom is -0.487 e. The Morgan fingerprint density at radius 1 is 0.962 bits per heavy atom. The summed E-state index contributed by atoms with van der Waals surface area (Å²) in [5, 5.41) is 4.06. The van der Waals surface area contributed by atoms with E-state index < -0.39 is 72.3 Å². The molecule has 5 rings (SSSR count). The van der Waals surface area contributed by atoms with Gasteiger partial charge in [0.1, 0.15) is 41.8 Å². The van der Waals surface area contributed by atoms with Crippen LogP contribution < -0.4 is 10.1 Å². The highest BCUT2D eigenvalue weighted by molar-refractivity contribution is 7.94. The van der Waals surface area contributed by atoms with Crippen molar-refractivity contribution in [2.24, 2.45) is 5.41 Å². The second-order valence-corrected chi connectivity index (χ2v) is 19.7. The third kappa shape index (κ3) is 7.19. The summed E-state index contributed by atoms with van der Waals surface area (Å²) in [4.78, 5) is 9.00. The highest BCUT2D eigenvalue weighted by Crippen LogP contribution is 2.49. The van der Waals surface area contributed by atoms with Crippen molar-refractivity contribution in [1.29, 1.82) is 0 Å². The summed E-state index contributed by atoms with van der Waals surface area (Å²) in [6.07, 6.45) is 1.95. The molecule has 0 unspecified atom stereocenters. The highest BCUT2D eigenvalue weighted by atomic mass is 35.5. The first kappa shape index (κ1) is 31.6. The van der Waals surface area contributed by atoms with E-state index in [0.29, 0.717) is 57.0 Å². The summed E-state index contributed by atoms with van der Waals surface area (Å²) in [6, 6.07) is 5.76. The summed E-state index contributed by atoms with van der Waals surface area (Å²) in [5.41, 5.74) is 1.46. The second kappa shape index (κ2) is 13.8. The molecule has 7 nitrogen and oxygen atoms in total. The fourth-order valence-corrected chi connectivity index (χ4v) is 9.29. The van der Waals surface area contributed by atoms with E-state index in [0.717, 1.165) is 5.56 Å². The van der Waals surface area contributed by atoms with Crippen LogP contribution in [0.25, 0.3) is 22.2 Å². The first-order chi connectivity index (χ1) is 26.4. The number of hydrogen-bond donors (Lipinski definition) is 1. The lowest BCUT2D eigenvalue weighted by molar-refractivity contribution is 0.181. The average Bonchev–Trinajstić information content (AvgIpc) is 3.63. The molecular formula is C42H51ClFN3O4S. The van der Waals surface area contributed by atoms with Crippen LogP contribution in [0.2, 0.25) is 5.02 Å². The van der Waals surface area contributed by atoms with E-state index in [9.17, 15) is 12.8 Å². The molecule has 0 saturated heterocycles. The molecule has 0 aliphatic rings. The standard InChI is InChI=1S/C42H51ClFN3O4S/c1-25-26(2)37(50-22-28-14-13-15-30(44)20-28)35(43)27(3)36(25)47-38-31-21-29(16-17-32(31)45-24-46-38)33-18-19-34(51-33)40(7,8)23-41(9,10)42(11,12)52(48,49)39(4,5)6/h13-21,24H,22-23H2,1-12H3,(H,45,46,47)/i13D,14D,15D,20D,22D2. The highest BCUT2D eigenvalue weighted by Gasteiger charge is 2.53. The molecule has 3 aromatic carbocycles. The molecule has 0 spiro atoms. The Bertz CT molecular complexity index is 2510. The maximum absolute atomic E-state index is 14.6. The molecule has 5 aromatic rings. The maximum atomic E-state index is 14.6. The van der Waals surface area contributed by atoms with E-state index in [1.807, 2.05) is 58.0 Å². The summed E-state index contributed by atoms with van der Waals surface area (Å²) in [5.74, 6) is 0.233. The number of rotatable bonds is 11. The van der Waals surface area contributed by atoms with Gasteiger partial charge in [0.2, 0.25) is 0 Å². The van der Waals surface area contributed by atoms with Gasteiger partial charge in [0.25, 0.3) is 0 Å². The molecule has 0 aliphatic heterocycles. The number of nitrogens with one attached hydrogen (secondary N) is 1. The van der Waals surface area contributed by atoms with E-state index in [-0.39, 0.29) is 10.8 Å². The van der Waals surface area contributed by atoms with Gasteiger partial charge in [-0.2, -0.15) is 0 Å². The molecule has 0 atom stereocenters.